The zero-order valence-electron chi connectivity index (χ0n) is 16.2. The first-order valence-corrected chi connectivity index (χ1v) is 10.1. The molecule has 3 aromatic rings. The second-order valence-electron chi connectivity index (χ2n) is 7.73. The van der Waals surface area contributed by atoms with Crippen LogP contribution in [0.2, 0.25) is 0 Å². The zero-order chi connectivity index (χ0) is 18.6. The Balaban J connectivity index is 1.47. The van der Waals surface area contributed by atoms with Gasteiger partial charge in [0, 0.05) is 43.2 Å². The van der Waals surface area contributed by atoms with Gasteiger partial charge in [0.25, 0.3) is 0 Å². The number of fused-ring (bicyclic) bond motifs is 1. The Morgan fingerprint density at radius 3 is 2.52 bits per heavy atom. The first-order chi connectivity index (χ1) is 13.2. The molecule has 1 aliphatic heterocycles. The van der Waals surface area contributed by atoms with E-state index in [4.69, 9.17) is 0 Å². The molecule has 0 bridgehead atoms. The topological polar surface area (TPSA) is 25.2 Å². The third-order valence-electron chi connectivity index (χ3n) is 5.64. The Morgan fingerprint density at radius 1 is 1.00 bits per heavy atom. The van der Waals surface area contributed by atoms with Gasteiger partial charge in [0.1, 0.15) is 0 Å². The minimum atomic E-state index is 0.330. The van der Waals surface area contributed by atoms with Crippen LogP contribution in [0, 0.1) is 6.92 Å². The number of carbonyl (C=O) groups excluding carboxylic acids is 1. The number of carbonyl (C=O) groups is 1. The molecule has 0 unspecified atom stereocenters. The molecular weight excluding hydrogens is 332 g/mol. The van der Waals surface area contributed by atoms with Gasteiger partial charge in [0.15, 0.2) is 0 Å². The minimum absolute atomic E-state index is 0.330. The average Bonchev–Trinajstić information content (AvgIpc) is 3.33. The molecule has 1 fully saturated rings. The number of aromatic nitrogens is 1. The minimum Gasteiger partial charge on any atom is -0.343 e. The van der Waals surface area contributed by atoms with E-state index >= 15 is 0 Å². The molecule has 2 heterocycles. The predicted octanol–water partition coefficient (Wildman–Crippen LogP) is 4.94. The summed E-state index contributed by atoms with van der Waals surface area (Å²) in [4.78, 5) is 14.3. The lowest BCUT2D eigenvalue weighted by atomic mass is 10.1. The summed E-state index contributed by atoms with van der Waals surface area (Å²) in [5.41, 5.74) is 5.24. The number of benzene rings is 2. The molecule has 0 radical (unpaired) electrons. The fourth-order valence-corrected chi connectivity index (χ4v) is 4.10. The SMILES string of the molecule is Cc1ccc(Cn2cc(CCCC(=O)N3CCCC3)c3ccccc32)cc1. The van der Waals surface area contributed by atoms with Crippen molar-refractivity contribution >= 4 is 16.8 Å². The summed E-state index contributed by atoms with van der Waals surface area (Å²) in [7, 11) is 0. The average molecular weight is 361 g/mol. The van der Waals surface area contributed by atoms with Crippen LogP contribution in [-0.2, 0) is 17.8 Å². The maximum absolute atomic E-state index is 12.3. The summed E-state index contributed by atoms with van der Waals surface area (Å²) in [6.45, 7) is 4.91. The summed E-state index contributed by atoms with van der Waals surface area (Å²) in [5.74, 6) is 0.330. The highest BCUT2D eigenvalue weighted by Crippen LogP contribution is 2.24. The fraction of sp³-hybridized carbons (Fsp3) is 0.375. The van der Waals surface area contributed by atoms with E-state index in [9.17, 15) is 4.79 Å². The first kappa shape index (κ1) is 17.8. The maximum atomic E-state index is 12.3. The van der Waals surface area contributed by atoms with Crippen LogP contribution in [0.5, 0.6) is 0 Å². The van der Waals surface area contributed by atoms with Gasteiger partial charge in [-0.15, -0.1) is 0 Å². The number of rotatable bonds is 6. The van der Waals surface area contributed by atoms with E-state index < -0.39 is 0 Å². The lowest BCUT2D eigenvalue weighted by molar-refractivity contribution is -0.130. The van der Waals surface area contributed by atoms with Crippen molar-refractivity contribution in [3.05, 3.63) is 71.4 Å². The standard InChI is InChI=1S/C24H28N2O/c1-19-11-13-20(14-12-19)17-26-18-21(22-8-2-3-9-23(22)26)7-6-10-24(27)25-15-4-5-16-25/h2-3,8-9,11-14,18H,4-7,10,15-17H2,1H3. The van der Waals surface area contributed by atoms with Crippen molar-refractivity contribution in [2.24, 2.45) is 0 Å². The molecule has 1 aliphatic rings. The van der Waals surface area contributed by atoms with Crippen molar-refractivity contribution in [3.63, 3.8) is 0 Å². The monoisotopic (exact) mass is 360 g/mol. The second-order valence-corrected chi connectivity index (χ2v) is 7.73. The zero-order valence-corrected chi connectivity index (χ0v) is 16.2. The summed E-state index contributed by atoms with van der Waals surface area (Å²) < 4.78 is 2.34. The molecule has 0 N–H and O–H groups in total. The van der Waals surface area contributed by atoms with Gasteiger partial charge < -0.3 is 9.47 Å². The van der Waals surface area contributed by atoms with Gasteiger partial charge in [-0.3, -0.25) is 4.79 Å². The third-order valence-corrected chi connectivity index (χ3v) is 5.64. The van der Waals surface area contributed by atoms with E-state index in [0.717, 1.165) is 45.3 Å². The van der Waals surface area contributed by atoms with E-state index in [1.54, 1.807) is 0 Å². The molecule has 1 amide bonds. The molecule has 140 valence electrons. The molecule has 27 heavy (non-hydrogen) atoms. The van der Waals surface area contributed by atoms with Crippen LogP contribution in [0.1, 0.15) is 42.4 Å². The molecule has 1 aromatic heterocycles. The van der Waals surface area contributed by atoms with Crippen molar-refractivity contribution < 1.29 is 4.79 Å². The first-order valence-electron chi connectivity index (χ1n) is 10.1. The van der Waals surface area contributed by atoms with E-state index in [0.29, 0.717) is 12.3 Å². The molecule has 0 saturated carbocycles. The molecule has 0 atom stereocenters. The van der Waals surface area contributed by atoms with Crippen LogP contribution in [-0.4, -0.2) is 28.5 Å². The van der Waals surface area contributed by atoms with E-state index in [-0.39, 0.29) is 0 Å². The molecule has 3 nitrogen and oxygen atoms in total. The highest BCUT2D eigenvalue weighted by Gasteiger charge is 2.17. The molecule has 0 spiro atoms. The Labute approximate surface area is 161 Å². The number of hydrogen-bond donors (Lipinski definition) is 0. The molecule has 1 saturated heterocycles. The Bertz CT molecular complexity index is 917. The molecule has 3 heteroatoms. The number of amides is 1. The van der Waals surface area contributed by atoms with Gasteiger partial charge in [0.2, 0.25) is 5.91 Å². The van der Waals surface area contributed by atoms with Crippen LogP contribution in [0.4, 0.5) is 0 Å². The molecular formula is C24H28N2O. The summed E-state index contributed by atoms with van der Waals surface area (Å²) in [6, 6.07) is 17.4. The van der Waals surface area contributed by atoms with Crippen LogP contribution >= 0.6 is 0 Å². The smallest absolute Gasteiger partial charge is 0.222 e. The van der Waals surface area contributed by atoms with Crippen LogP contribution < -0.4 is 0 Å². The lowest BCUT2D eigenvalue weighted by Crippen LogP contribution is -2.27. The second kappa shape index (κ2) is 7.99. The van der Waals surface area contributed by atoms with Gasteiger partial charge >= 0.3 is 0 Å². The lowest BCUT2D eigenvalue weighted by Gasteiger charge is -2.14. The predicted molar refractivity (Wildman–Crippen MR) is 111 cm³/mol. The highest BCUT2D eigenvalue weighted by atomic mass is 16.2. The number of aryl methyl sites for hydroxylation is 2. The van der Waals surface area contributed by atoms with Crippen LogP contribution in [0.3, 0.4) is 0 Å². The van der Waals surface area contributed by atoms with Gasteiger partial charge in [0.05, 0.1) is 0 Å². The summed E-state index contributed by atoms with van der Waals surface area (Å²) >= 11 is 0. The van der Waals surface area contributed by atoms with Crippen LogP contribution in [0.15, 0.2) is 54.7 Å². The largest absolute Gasteiger partial charge is 0.343 e. The van der Waals surface area contributed by atoms with Crippen molar-refractivity contribution in [2.45, 2.75) is 45.6 Å². The Kier molecular flexibility index (Phi) is 5.28. The van der Waals surface area contributed by atoms with Crippen molar-refractivity contribution in [3.8, 4) is 0 Å². The van der Waals surface area contributed by atoms with E-state index in [1.165, 1.54) is 27.6 Å². The van der Waals surface area contributed by atoms with Gasteiger partial charge in [-0.25, -0.2) is 0 Å². The number of likely N-dealkylation sites (tertiary alicyclic amines) is 1. The number of nitrogens with zero attached hydrogens (tertiary/aromatic N) is 2. The van der Waals surface area contributed by atoms with Gasteiger partial charge in [-0.05, 0) is 49.8 Å². The van der Waals surface area contributed by atoms with Gasteiger partial charge in [-0.2, -0.15) is 0 Å². The molecule has 4 rings (SSSR count). The van der Waals surface area contributed by atoms with Crippen molar-refractivity contribution in [1.82, 2.24) is 9.47 Å². The summed E-state index contributed by atoms with van der Waals surface area (Å²) in [6.07, 6.45) is 7.16. The third kappa shape index (κ3) is 4.08. The highest BCUT2D eigenvalue weighted by molar-refractivity contribution is 5.84. The summed E-state index contributed by atoms with van der Waals surface area (Å²) in [5, 5.41) is 1.32. The number of hydrogen-bond acceptors (Lipinski definition) is 1. The Morgan fingerprint density at radius 2 is 1.74 bits per heavy atom. The van der Waals surface area contributed by atoms with Crippen LogP contribution in [0.25, 0.3) is 10.9 Å². The normalized spacial score (nSPS) is 14.2. The number of para-hydroxylation sites is 1. The molecule has 0 aliphatic carbocycles. The fourth-order valence-electron chi connectivity index (χ4n) is 4.10. The van der Waals surface area contributed by atoms with Gasteiger partial charge in [-0.1, -0.05) is 48.0 Å². The van der Waals surface area contributed by atoms with E-state index in [2.05, 4.69) is 66.2 Å². The van der Waals surface area contributed by atoms with Crippen molar-refractivity contribution in [1.29, 1.82) is 0 Å². The quantitative estimate of drug-likeness (QED) is 0.611. The Hall–Kier alpha value is -2.55. The molecule has 2 aromatic carbocycles. The maximum Gasteiger partial charge on any atom is 0.222 e. The van der Waals surface area contributed by atoms with E-state index in [1.807, 2.05) is 4.90 Å². The van der Waals surface area contributed by atoms with Crippen molar-refractivity contribution in [2.75, 3.05) is 13.1 Å².